The molecule has 1 saturated carbocycles. The van der Waals surface area contributed by atoms with Gasteiger partial charge in [0.15, 0.2) is 0 Å². The Hall–Kier alpha value is -3.42. The van der Waals surface area contributed by atoms with Crippen molar-refractivity contribution in [3.63, 3.8) is 0 Å². The van der Waals surface area contributed by atoms with E-state index in [1.54, 1.807) is 42.5 Å². The van der Waals surface area contributed by atoms with Crippen LogP contribution in [0, 0.1) is 23.2 Å². The summed E-state index contributed by atoms with van der Waals surface area (Å²) in [5.74, 6) is 1.87. The van der Waals surface area contributed by atoms with Crippen molar-refractivity contribution in [3.05, 3.63) is 71.8 Å². The van der Waals surface area contributed by atoms with Crippen LogP contribution >= 0.6 is 0 Å². The molecule has 3 unspecified atom stereocenters. The molecular formula is C38H48O7. The van der Waals surface area contributed by atoms with Gasteiger partial charge in [-0.25, -0.2) is 9.59 Å². The molecule has 0 spiro atoms. The van der Waals surface area contributed by atoms with Gasteiger partial charge < -0.3 is 23.7 Å². The molecule has 3 aromatic rings. The first-order valence-electron chi connectivity index (χ1n) is 16.6. The van der Waals surface area contributed by atoms with E-state index in [-0.39, 0.29) is 17.5 Å². The van der Waals surface area contributed by atoms with E-state index in [1.165, 1.54) is 6.42 Å². The van der Waals surface area contributed by atoms with Gasteiger partial charge in [-0.3, -0.25) is 0 Å². The Morgan fingerprint density at radius 3 is 2.13 bits per heavy atom. The van der Waals surface area contributed by atoms with Crippen LogP contribution in [0.15, 0.2) is 60.7 Å². The van der Waals surface area contributed by atoms with Crippen molar-refractivity contribution in [2.45, 2.75) is 72.3 Å². The van der Waals surface area contributed by atoms with E-state index >= 15 is 0 Å². The third kappa shape index (κ3) is 8.65. The lowest BCUT2D eigenvalue weighted by Gasteiger charge is -2.40. The number of fused-ring (bicyclic) bond motifs is 1. The molecule has 0 amide bonds. The van der Waals surface area contributed by atoms with Gasteiger partial charge in [0.05, 0.1) is 37.6 Å². The molecule has 3 atom stereocenters. The first-order chi connectivity index (χ1) is 21.7. The lowest BCUT2D eigenvalue weighted by Crippen LogP contribution is -2.45. The second-order valence-corrected chi connectivity index (χ2v) is 13.4. The van der Waals surface area contributed by atoms with Crippen molar-refractivity contribution in [2.75, 3.05) is 33.0 Å². The highest BCUT2D eigenvalue weighted by molar-refractivity contribution is 5.99. The van der Waals surface area contributed by atoms with Crippen molar-refractivity contribution < 1.29 is 33.3 Å². The first kappa shape index (κ1) is 33.0. The van der Waals surface area contributed by atoms with Crippen molar-refractivity contribution in [3.8, 4) is 11.5 Å². The molecular weight excluding hydrogens is 568 g/mol. The van der Waals surface area contributed by atoms with Crippen molar-refractivity contribution in [1.82, 2.24) is 0 Å². The smallest absolute Gasteiger partial charge is 0.343 e. The number of benzene rings is 3. The number of carbonyl (C=O) groups is 2. The Bertz CT molecular complexity index is 1420. The predicted molar refractivity (Wildman–Crippen MR) is 175 cm³/mol. The lowest BCUT2D eigenvalue weighted by atomic mass is 9.75. The Kier molecular flexibility index (Phi) is 11.2. The average molecular weight is 617 g/mol. The van der Waals surface area contributed by atoms with Gasteiger partial charge in [-0.2, -0.15) is 0 Å². The number of hydrogen-bond donors (Lipinski definition) is 0. The second kappa shape index (κ2) is 15.2. The molecule has 1 heterocycles. The minimum Gasteiger partial charge on any atom is -0.494 e. The van der Waals surface area contributed by atoms with E-state index < -0.39 is 5.97 Å². The van der Waals surface area contributed by atoms with Crippen molar-refractivity contribution >= 4 is 22.7 Å². The molecule has 242 valence electrons. The number of esters is 2. The van der Waals surface area contributed by atoms with Crippen LogP contribution in [-0.2, 0) is 14.2 Å². The van der Waals surface area contributed by atoms with Gasteiger partial charge in [-0.05, 0) is 109 Å². The normalized spacial score (nSPS) is 20.9. The number of ether oxygens (including phenoxy) is 5. The number of carbonyl (C=O) groups excluding carboxylic acids is 2. The van der Waals surface area contributed by atoms with Crippen LogP contribution in [0.2, 0.25) is 0 Å². The quantitative estimate of drug-likeness (QED) is 0.102. The van der Waals surface area contributed by atoms with Crippen molar-refractivity contribution in [1.29, 1.82) is 0 Å². The molecule has 0 radical (unpaired) electrons. The fourth-order valence-corrected chi connectivity index (χ4v) is 6.29. The molecule has 2 fully saturated rings. The molecule has 0 aromatic heterocycles. The van der Waals surface area contributed by atoms with E-state index in [9.17, 15) is 9.59 Å². The Morgan fingerprint density at radius 1 is 0.867 bits per heavy atom. The Balaban J connectivity index is 1.08. The third-order valence-corrected chi connectivity index (χ3v) is 9.49. The maximum absolute atomic E-state index is 13.1. The molecule has 0 N–H and O–H groups in total. The molecule has 2 aliphatic rings. The molecule has 1 aliphatic carbocycles. The zero-order valence-corrected chi connectivity index (χ0v) is 27.2. The van der Waals surface area contributed by atoms with Gasteiger partial charge in [0.25, 0.3) is 0 Å². The summed E-state index contributed by atoms with van der Waals surface area (Å²) in [6.45, 7) is 12.5. The summed E-state index contributed by atoms with van der Waals surface area (Å²) >= 11 is 0. The highest BCUT2D eigenvalue weighted by Crippen LogP contribution is 2.36. The first-order valence-corrected chi connectivity index (χ1v) is 16.6. The summed E-state index contributed by atoms with van der Waals surface area (Å²) in [4.78, 5) is 26.0. The summed E-state index contributed by atoms with van der Waals surface area (Å²) in [5.41, 5.74) is 1.19. The average Bonchev–Trinajstić information content (AvgIpc) is 3.01. The monoisotopic (exact) mass is 616 g/mol. The summed E-state index contributed by atoms with van der Waals surface area (Å²) in [5, 5.41) is 1.72. The van der Waals surface area contributed by atoms with Gasteiger partial charge in [0.1, 0.15) is 17.6 Å². The fourth-order valence-electron chi connectivity index (χ4n) is 6.29. The topological polar surface area (TPSA) is 80.3 Å². The summed E-state index contributed by atoms with van der Waals surface area (Å²) in [6, 6.07) is 17.9. The number of hydrogen-bond acceptors (Lipinski definition) is 7. The largest absolute Gasteiger partial charge is 0.494 e. The molecule has 1 saturated heterocycles. The molecule has 7 heteroatoms. The second-order valence-electron chi connectivity index (χ2n) is 13.4. The zero-order valence-electron chi connectivity index (χ0n) is 27.2. The fraction of sp³-hybridized carbons (Fsp3) is 0.526. The van der Waals surface area contributed by atoms with Crippen molar-refractivity contribution in [2.24, 2.45) is 23.2 Å². The van der Waals surface area contributed by atoms with Crippen LogP contribution in [0.25, 0.3) is 10.8 Å². The maximum Gasteiger partial charge on any atom is 0.343 e. The third-order valence-electron chi connectivity index (χ3n) is 9.49. The predicted octanol–water partition coefficient (Wildman–Crippen LogP) is 8.28. The minimum atomic E-state index is -0.446. The van der Waals surface area contributed by atoms with Crippen LogP contribution in [0.3, 0.4) is 0 Å². The van der Waals surface area contributed by atoms with Crippen LogP contribution in [0.4, 0.5) is 0 Å². The van der Waals surface area contributed by atoms with E-state index in [4.69, 9.17) is 23.7 Å². The van der Waals surface area contributed by atoms with E-state index in [0.717, 1.165) is 75.1 Å². The molecule has 0 bridgehead atoms. The van der Waals surface area contributed by atoms with E-state index in [0.29, 0.717) is 41.2 Å². The van der Waals surface area contributed by atoms with Gasteiger partial charge in [-0.1, -0.05) is 46.2 Å². The van der Waals surface area contributed by atoms with Gasteiger partial charge >= 0.3 is 11.9 Å². The molecule has 5 rings (SSSR count). The van der Waals surface area contributed by atoms with Crippen LogP contribution < -0.4 is 9.47 Å². The van der Waals surface area contributed by atoms with Gasteiger partial charge in [0, 0.05) is 12.0 Å². The lowest BCUT2D eigenvalue weighted by molar-refractivity contribution is -0.150. The molecule has 3 aromatic carbocycles. The van der Waals surface area contributed by atoms with Crippen LogP contribution in [0.1, 0.15) is 86.9 Å². The summed E-state index contributed by atoms with van der Waals surface area (Å²) in [6.07, 6.45) is 6.06. The summed E-state index contributed by atoms with van der Waals surface area (Å²) < 4.78 is 28.7. The number of unbranched alkanes of at least 4 members (excludes halogenated alkanes) is 1. The Morgan fingerprint density at radius 2 is 1.51 bits per heavy atom. The SMILES string of the molecule is CCC1(COCCCCOc2ccc(OC(=O)c3ccc4cc(C(=O)OC5CC(C)CCC5C(C)C)ccc4c3)cc2)COC1. The van der Waals surface area contributed by atoms with Gasteiger partial charge in [0.2, 0.25) is 0 Å². The van der Waals surface area contributed by atoms with E-state index in [2.05, 4.69) is 27.7 Å². The molecule has 1 aliphatic heterocycles. The van der Waals surface area contributed by atoms with Crippen LogP contribution in [0.5, 0.6) is 11.5 Å². The zero-order chi connectivity index (χ0) is 31.8. The highest BCUT2D eigenvalue weighted by Gasteiger charge is 2.37. The minimum absolute atomic E-state index is 0.0499. The molecule has 7 nitrogen and oxygen atoms in total. The van der Waals surface area contributed by atoms with Gasteiger partial charge in [-0.15, -0.1) is 0 Å². The summed E-state index contributed by atoms with van der Waals surface area (Å²) in [7, 11) is 0. The standard InChI is InChI=1S/C38H48O7/c1-5-38(24-42-25-38)23-41-18-6-7-19-43-32-13-15-33(16-14-32)44-36(39)30-11-9-29-22-31(12-10-28(29)21-30)37(40)45-35-20-27(4)8-17-34(35)26(2)3/h9-16,21-22,26-27,34-35H,5-8,17-20,23-25H2,1-4H3. The van der Waals surface area contributed by atoms with Crippen LogP contribution in [-0.4, -0.2) is 51.1 Å². The highest BCUT2D eigenvalue weighted by atomic mass is 16.5. The maximum atomic E-state index is 13.1. The Labute approximate surface area is 267 Å². The molecule has 45 heavy (non-hydrogen) atoms. The van der Waals surface area contributed by atoms with E-state index in [1.807, 2.05) is 18.2 Å². The number of rotatable bonds is 14.